The molecule has 8 heteroatoms. The zero-order chi connectivity index (χ0) is 16.9. The van der Waals surface area contributed by atoms with Crippen molar-refractivity contribution < 1.29 is 27.0 Å². The smallest absolute Gasteiger partial charge is 0.240 e. The molecule has 0 spiro atoms. The van der Waals surface area contributed by atoms with Gasteiger partial charge in [0.05, 0.1) is 4.90 Å². The van der Waals surface area contributed by atoms with Crippen LogP contribution in [0.3, 0.4) is 0 Å². The minimum atomic E-state index is -3.73. The predicted octanol–water partition coefficient (Wildman–Crippen LogP) is 1.68. The van der Waals surface area contributed by atoms with Crippen LogP contribution in [0, 0.1) is 11.6 Å². The monoisotopic (exact) mass is 343 g/mol. The fourth-order valence-corrected chi connectivity index (χ4v) is 2.80. The number of hydrogen-bond acceptors (Lipinski definition) is 4. The molecule has 2 N–H and O–H groups in total. The fraction of sp³-hybridized carbons (Fsp3) is 0.200. The highest BCUT2D eigenvalue weighted by Gasteiger charge is 2.15. The molecule has 0 aliphatic carbocycles. The third kappa shape index (κ3) is 4.98. The van der Waals surface area contributed by atoms with Crippen LogP contribution in [0.2, 0.25) is 0 Å². The van der Waals surface area contributed by atoms with E-state index in [0.717, 1.165) is 12.1 Å². The molecule has 0 saturated heterocycles. The van der Waals surface area contributed by atoms with Gasteiger partial charge in [0.2, 0.25) is 10.0 Å². The van der Waals surface area contributed by atoms with Gasteiger partial charge in [-0.3, -0.25) is 0 Å². The van der Waals surface area contributed by atoms with Crippen LogP contribution >= 0.6 is 0 Å². The average molecular weight is 343 g/mol. The van der Waals surface area contributed by atoms with E-state index in [0.29, 0.717) is 0 Å². The Labute approximate surface area is 132 Å². The zero-order valence-corrected chi connectivity index (χ0v) is 12.8. The van der Waals surface area contributed by atoms with Crippen LogP contribution in [0.25, 0.3) is 0 Å². The lowest BCUT2D eigenvalue weighted by Crippen LogP contribution is -2.35. The van der Waals surface area contributed by atoms with Gasteiger partial charge in [-0.15, -0.1) is 0 Å². The highest BCUT2D eigenvalue weighted by molar-refractivity contribution is 7.89. The summed E-state index contributed by atoms with van der Waals surface area (Å²) < 4.78 is 56.9. The molecule has 0 aromatic heterocycles. The van der Waals surface area contributed by atoms with Crippen molar-refractivity contribution >= 4 is 10.0 Å². The van der Waals surface area contributed by atoms with E-state index in [9.17, 15) is 22.3 Å². The summed E-state index contributed by atoms with van der Waals surface area (Å²) in [7, 11) is -3.73. The first-order valence-electron chi connectivity index (χ1n) is 6.69. The van der Waals surface area contributed by atoms with Gasteiger partial charge in [-0.25, -0.2) is 21.9 Å². The molecule has 0 aliphatic heterocycles. The molecule has 23 heavy (non-hydrogen) atoms. The minimum absolute atomic E-state index is 0.0360. The summed E-state index contributed by atoms with van der Waals surface area (Å²) >= 11 is 0. The molecule has 0 aliphatic rings. The van der Waals surface area contributed by atoms with Crippen LogP contribution in [-0.4, -0.2) is 32.8 Å². The SMILES string of the molecule is O=S(=O)(NCC(O)COc1ccc(F)c(F)c1)c1ccccc1. The van der Waals surface area contributed by atoms with Gasteiger partial charge in [0.1, 0.15) is 18.5 Å². The number of rotatable bonds is 7. The molecule has 2 aromatic carbocycles. The van der Waals surface area contributed by atoms with Crippen LogP contribution < -0.4 is 9.46 Å². The quantitative estimate of drug-likeness (QED) is 0.802. The van der Waals surface area contributed by atoms with E-state index >= 15 is 0 Å². The van der Waals surface area contributed by atoms with E-state index in [-0.39, 0.29) is 23.8 Å². The maximum atomic E-state index is 13.0. The van der Waals surface area contributed by atoms with Crippen molar-refractivity contribution in [3.63, 3.8) is 0 Å². The lowest BCUT2D eigenvalue weighted by atomic mass is 10.3. The van der Waals surface area contributed by atoms with Crippen LogP contribution in [0.1, 0.15) is 0 Å². The van der Waals surface area contributed by atoms with Crippen LogP contribution in [-0.2, 0) is 10.0 Å². The normalized spacial score (nSPS) is 12.8. The van der Waals surface area contributed by atoms with Gasteiger partial charge >= 0.3 is 0 Å². The van der Waals surface area contributed by atoms with Crippen LogP contribution in [0.5, 0.6) is 5.75 Å². The summed E-state index contributed by atoms with van der Waals surface area (Å²) in [4.78, 5) is 0.0775. The summed E-state index contributed by atoms with van der Waals surface area (Å²) in [6.45, 7) is -0.552. The molecule has 2 aromatic rings. The van der Waals surface area contributed by atoms with Crippen molar-refractivity contribution in [2.75, 3.05) is 13.2 Å². The average Bonchev–Trinajstić information content (AvgIpc) is 2.55. The Kier molecular flexibility index (Phi) is 5.64. The summed E-state index contributed by atoms with van der Waals surface area (Å²) in [5.41, 5.74) is 0. The lowest BCUT2D eigenvalue weighted by Gasteiger charge is -2.13. The number of aliphatic hydroxyl groups is 1. The molecule has 0 saturated carbocycles. The van der Waals surface area contributed by atoms with Gasteiger partial charge in [0.25, 0.3) is 0 Å². The third-order valence-electron chi connectivity index (χ3n) is 2.90. The van der Waals surface area contributed by atoms with E-state index in [1.54, 1.807) is 18.2 Å². The molecule has 0 heterocycles. The van der Waals surface area contributed by atoms with Gasteiger partial charge in [0, 0.05) is 12.6 Å². The summed E-state index contributed by atoms with van der Waals surface area (Å²) in [6, 6.07) is 10.6. The molecule has 0 amide bonds. The Morgan fingerprint density at radius 3 is 2.43 bits per heavy atom. The molecule has 124 valence electrons. The second-order valence-electron chi connectivity index (χ2n) is 4.71. The third-order valence-corrected chi connectivity index (χ3v) is 4.34. The number of benzene rings is 2. The Morgan fingerprint density at radius 2 is 1.78 bits per heavy atom. The minimum Gasteiger partial charge on any atom is -0.491 e. The highest BCUT2D eigenvalue weighted by atomic mass is 32.2. The maximum absolute atomic E-state index is 13.0. The largest absolute Gasteiger partial charge is 0.491 e. The van der Waals surface area contributed by atoms with Crippen molar-refractivity contribution in [1.29, 1.82) is 0 Å². The molecule has 2 rings (SSSR count). The van der Waals surface area contributed by atoms with Gasteiger partial charge in [0.15, 0.2) is 11.6 Å². The first kappa shape index (κ1) is 17.3. The van der Waals surface area contributed by atoms with E-state index < -0.39 is 27.8 Å². The topological polar surface area (TPSA) is 75.6 Å². The standard InChI is InChI=1S/C15H15F2NO4S/c16-14-7-6-12(8-15(14)17)22-10-11(19)9-18-23(20,21)13-4-2-1-3-5-13/h1-8,11,18-19H,9-10H2. The van der Waals surface area contributed by atoms with Crippen molar-refractivity contribution in [2.45, 2.75) is 11.0 Å². The van der Waals surface area contributed by atoms with Crippen LogP contribution in [0.15, 0.2) is 53.4 Å². The summed E-state index contributed by atoms with van der Waals surface area (Å²) in [5, 5.41) is 9.72. The summed E-state index contributed by atoms with van der Waals surface area (Å²) in [6.07, 6.45) is -1.15. The van der Waals surface area contributed by atoms with Crippen LogP contribution in [0.4, 0.5) is 8.78 Å². The number of sulfonamides is 1. The highest BCUT2D eigenvalue weighted by Crippen LogP contribution is 2.15. The lowest BCUT2D eigenvalue weighted by molar-refractivity contribution is 0.111. The maximum Gasteiger partial charge on any atom is 0.240 e. The summed E-state index contributed by atoms with van der Waals surface area (Å²) in [5.74, 6) is -2.04. The first-order valence-corrected chi connectivity index (χ1v) is 8.17. The molecular weight excluding hydrogens is 328 g/mol. The van der Waals surface area contributed by atoms with E-state index in [1.165, 1.54) is 18.2 Å². The van der Waals surface area contributed by atoms with Crippen molar-refractivity contribution in [3.8, 4) is 5.75 Å². The van der Waals surface area contributed by atoms with E-state index in [4.69, 9.17) is 4.74 Å². The Hall–Kier alpha value is -2.03. The molecule has 1 unspecified atom stereocenters. The Morgan fingerprint density at radius 1 is 1.09 bits per heavy atom. The second-order valence-corrected chi connectivity index (χ2v) is 6.47. The number of halogens is 2. The van der Waals surface area contributed by atoms with Crippen molar-refractivity contribution in [1.82, 2.24) is 4.72 Å². The molecule has 1 atom stereocenters. The molecule has 0 radical (unpaired) electrons. The van der Waals surface area contributed by atoms with E-state index in [2.05, 4.69) is 4.72 Å². The van der Waals surface area contributed by atoms with Gasteiger partial charge in [-0.05, 0) is 24.3 Å². The molecule has 0 bridgehead atoms. The van der Waals surface area contributed by atoms with Crippen molar-refractivity contribution in [3.05, 3.63) is 60.2 Å². The van der Waals surface area contributed by atoms with Gasteiger partial charge in [-0.1, -0.05) is 18.2 Å². The van der Waals surface area contributed by atoms with E-state index in [1.807, 2.05) is 0 Å². The molecular formula is C15H15F2NO4S. The first-order chi connectivity index (χ1) is 10.9. The molecule has 5 nitrogen and oxygen atoms in total. The Balaban J connectivity index is 1.85. The number of hydrogen-bond donors (Lipinski definition) is 2. The number of aliphatic hydroxyl groups excluding tert-OH is 1. The predicted molar refractivity (Wildman–Crippen MR) is 79.5 cm³/mol. The number of nitrogens with one attached hydrogen (secondary N) is 1. The fourth-order valence-electron chi connectivity index (χ4n) is 1.71. The zero-order valence-electron chi connectivity index (χ0n) is 11.9. The Bertz CT molecular complexity index is 753. The van der Waals surface area contributed by atoms with Gasteiger partial charge < -0.3 is 9.84 Å². The number of ether oxygens (including phenoxy) is 1. The van der Waals surface area contributed by atoms with Crippen molar-refractivity contribution in [2.24, 2.45) is 0 Å². The molecule has 0 fully saturated rings. The second kappa shape index (κ2) is 7.49. The van der Waals surface area contributed by atoms with Gasteiger partial charge in [-0.2, -0.15) is 0 Å².